The molecule has 1 fully saturated rings. The second-order valence-electron chi connectivity index (χ2n) is 3.10. The fourth-order valence-corrected chi connectivity index (χ4v) is 1.20. The number of rotatable bonds is 0. The van der Waals surface area contributed by atoms with Gasteiger partial charge < -0.3 is 10.2 Å². The highest BCUT2D eigenvalue weighted by molar-refractivity contribution is 5.85. The lowest BCUT2D eigenvalue weighted by molar-refractivity contribution is 0.182. The molecule has 0 aromatic carbocycles. The van der Waals surface area contributed by atoms with Crippen molar-refractivity contribution in [1.82, 2.24) is 10.2 Å². The van der Waals surface area contributed by atoms with E-state index in [1.165, 1.54) is 6.54 Å². The van der Waals surface area contributed by atoms with Crippen molar-refractivity contribution in [3.63, 3.8) is 0 Å². The zero-order chi connectivity index (χ0) is 6.85. The van der Waals surface area contributed by atoms with Crippen LogP contribution >= 0.6 is 24.8 Å². The first-order chi connectivity index (χ1) is 4.20. The summed E-state index contributed by atoms with van der Waals surface area (Å²) in [5.41, 5.74) is 0. The summed E-state index contributed by atoms with van der Waals surface area (Å²) in [4.78, 5) is 2.39. The highest BCUT2D eigenvalue weighted by Gasteiger charge is 2.17. The Hall–Kier alpha value is 0.500. The van der Waals surface area contributed by atoms with E-state index in [0.29, 0.717) is 12.1 Å². The number of halogens is 2. The maximum absolute atomic E-state index is 3.42. The van der Waals surface area contributed by atoms with Crippen LogP contribution in [-0.4, -0.2) is 37.1 Å². The van der Waals surface area contributed by atoms with E-state index in [9.17, 15) is 0 Å². The first-order valence-electron chi connectivity index (χ1n) is 3.64. The molecule has 0 radical (unpaired) electrons. The number of nitrogens with one attached hydrogen (secondary N) is 1. The van der Waals surface area contributed by atoms with Gasteiger partial charge in [0.1, 0.15) is 0 Å². The summed E-state index contributed by atoms with van der Waals surface area (Å²) in [6, 6.07) is 1.38. The zero-order valence-corrected chi connectivity index (χ0v) is 8.97. The lowest BCUT2D eigenvalue weighted by atomic mass is 10.2. The van der Waals surface area contributed by atoms with E-state index in [4.69, 9.17) is 0 Å². The first kappa shape index (κ1) is 14.0. The van der Waals surface area contributed by atoms with Gasteiger partial charge in [-0.25, -0.2) is 0 Å². The van der Waals surface area contributed by atoms with E-state index in [1.807, 2.05) is 0 Å². The molecule has 1 saturated heterocycles. The van der Waals surface area contributed by atoms with Crippen LogP contribution in [0, 0.1) is 0 Å². The van der Waals surface area contributed by atoms with Crippen LogP contribution in [0.15, 0.2) is 0 Å². The summed E-state index contributed by atoms with van der Waals surface area (Å²) < 4.78 is 0. The van der Waals surface area contributed by atoms with Crippen molar-refractivity contribution in [2.75, 3.05) is 20.1 Å². The molecule has 0 aromatic heterocycles. The summed E-state index contributed by atoms with van der Waals surface area (Å²) >= 11 is 0. The standard InChI is InChI=1S/C7H16N2.2ClH/c1-6-5-9(3)7(2)4-8-6;;/h6-8H,4-5H2,1-3H3;2*1H/t6-,7+;;/m0../s1. The molecule has 1 heterocycles. The zero-order valence-electron chi connectivity index (χ0n) is 7.33. The molecule has 2 atom stereocenters. The van der Waals surface area contributed by atoms with Crippen LogP contribution in [0.4, 0.5) is 0 Å². The fraction of sp³-hybridized carbons (Fsp3) is 1.00. The number of likely N-dealkylation sites (N-methyl/N-ethyl adjacent to an activating group) is 1. The van der Waals surface area contributed by atoms with E-state index < -0.39 is 0 Å². The van der Waals surface area contributed by atoms with Crippen molar-refractivity contribution >= 4 is 24.8 Å². The van der Waals surface area contributed by atoms with E-state index in [1.54, 1.807) is 0 Å². The van der Waals surface area contributed by atoms with E-state index in [-0.39, 0.29) is 24.8 Å². The Morgan fingerprint density at radius 2 is 1.82 bits per heavy atom. The quantitative estimate of drug-likeness (QED) is 0.632. The molecule has 0 aromatic rings. The Kier molecular flexibility index (Phi) is 7.75. The Morgan fingerprint density at radius 1 is 1.27 bits per heavy atom. The predicted molar refractivity (Wildman–Crippen MR) is 54.1 cm³/mol. The Labute approximate surface area is 81.5 Å². The Bertz CT molecular complexity index is 100. The molecule has 1 N–H and O–H groups in total. The summed E-state index contributed by atoms with van der Waals surface area (Å²) in [6.07, 6.45) is 0. The van der Waals surface area contributed by atoms with Gasteiger partial charge in [0.2, 0.25) is 0 Å². The monoisotopic (exact) mass is 200 g/mol. The van der Waals surface area contributed by atoms with Crippen LogP contribution in [0.25, 0.3) is 0 Å². The highest BCUT2D eigenvalue weighted by Crippen LogP contribution is 2.01. The third-order valence-electron chi connectivity index (χ3n) is 2.08. The molecular weight excluding hydrogens is 183 g/mol. The predicted octanol–water partition coefficient (Wildman–Crippen LogP) is 1.14. The van der Waals surface area contributed by atoms with E-state index in [0.717, 1.165) is 6.54 Å². The minimum atomic E-state index is 0. The summed E-state index contributed by atoms with van der Waals surface area (Å²) in [5.74, 6) is 0. The fourth-order valence-electron chi connectivity index (χ4n) is 1.20. The van der Waals surface area contributed by atoms with Gasteiger partial charge in [0.15, 0.2) is 0 Å². The molecule has 0 bridgehead atoms. The van der Waals surface area contributed by atoms with Crippen molar-refractivity contribution < 1.29 is 0 Å². The molecule has 0 unspecified atom stereocenters. The van der Waals surface area contributed by atoms with E-state index in [2.05, 4.69) is 31.1 Å². The lowest BCUT2D eigenvalue weighted by Crippen LogP contribution is -2.52. The lowest BCUT2D eigenvalue weighted by Gasteiger charge is -2.34. The Balaban J connectivity index is 0. The van der Waals surface area contributed by atoms with Gasteiger partial charge in [-0.15, -0.1) is 24.8 Å². The van der Waals surface area contributed by atoms with Gasteiger partial charge in [-0.05, 0) is 20.9 Å². The second kappa shape index (κ2) is 6.06. The van der Waals surface area contributed by atoms with E-state index >= 15 is 0 Å². The van der Waals surface area contributed by atoms with Crippen molar-refractivity contribution in [2.45, 2.75) is 25.9 Å². The van der Waals surface area contributed by atoms with Gasteiger partial charge in [-0.1, -0.05) is 0 Å². The van der Waals surface area contributed by atoms with Gasteiger partial charge >= 0.3 is 0 Å². The second-order valence-corrected chi connectivity index (χ2v) is 3.10. The van der Waals surface area contributed by atoms with Crippen molar-refractivity contribution in [2.24, 2.45) is 0 Å². The highest BCUT2D eigenvalue weighted by atomic mass is 35.5. The topological polar surface area (TPSA) is 15.3 Å². The van der Waals surface area contributed by atoms with Crippen LogP contribution in [0.2, 0.25) is 0 Å². The first-order valence-corrected chi connectivity index (χ1v) is 3.64. The molecule has 1 aliphatic rings. The van der Waals surface area contributed by atoms with Gasteiger partial charge in [0.25, 0.3) is 0 Å². The summed E-state index contributed by atoms with van der Waals surface area (Å²) in [5, 5.41) is 3.42. The summed E-state index contributed by atoms with van der Waals surface area (Å²) in [6.45, 7) is 6.79. The number of hydrogen-bond donors (Lipinski definition) is 1. The van der Waals surface area contributed by atoms with Gasteiger partial charge in [0, 0.05) is 25.2 Å². The molecular formula is C7H18Cl2N2. The van der Waals surface area contributed by atoms with Crippen LogP contribution in [0.3, 0.4) is 0 Å². The molecule has 0 amide bonds. The molecule has 1 aliphatic heterocycles. The Morgan fingerprint density at radius 3 is 2.18 bits per heavy atom. The summed E-state index contributed by atoms with van der Waals surface area (Å²) in [7, 11) is 2.18. The average Bonchev–Trinajstić information content (AvgIpc) is 1.80. The molecule has 4 heteroatoms. The SMILES string of the molecule is C[C@@H]1CN[C@@H](C)CN1C.Cl.Cl. The third kappa shape index (κ3) is 4.16. The number of piperazine rings is 1. The third-order valence-corrected chi connectivity index (χ3v) is 2.08. The minimum absolute atomic E-state index is 0. The van der Waals surface area contributed by atoms with Crippen molar-refractivity contribution in [3.05, 3.63) is 0 Å². The largest absolute Gasteiger partial charge is 0.311 e. The van der Waals surface area contributed by atoms with Gasteiger partial charge in [-0.3, -0.25) is 0 Å². The van der Waals surface area contributed by atoms with Crippen molar-refractivity contribution in [1.29, 1.82) is 0 Å². The molecule has 70 valence electrons. The molecule has 0 aliphatic carbocycles. The van der Waals surface area contributed by atoms with Crippen LogP contribution < -0.4 is 5.32 Å². The average molecular weight is 201 g/mol. The molecule has 0 saturated carbocycles. The van der Waals surface area contributed by atoms with Gasteiger partial charge in [0.05, 0.1) is 0 Å². The molecule has 1 rings (SSSR count). The van der Waals surface area contributed by atoms with Crippen LogP contribution in [0.1, 0.15) is 13.8 Å². The van der Waals surface area contributed by atoms with Crippen LogP contribution in [0.5, 0.6) is 0 Å². The molecule has 0 spiro atoms. The normalized spacial score (nSPS) is 31.9. The smallest absolute Gasteiger partial charge is 0.0190 e. The minimum Gasteiger partial charge on any atom is -0.311 e. The molecule has 11 heavy (non-hydrogen) atoms. The molecule has 2 nitrogen and oxygen atoms in total. The van der Waals surface area contributed by atoms with Gasteiger partial charge in [-0.2, -0.15) is 0 Å². The van der Waals surface area contributed by atoms with Crippen molar-refractivity contribution in [3.8, 4) is 0 Å². The number of hydrogen-bond acceptors (Lipinski definition) is 2. The maximum atomic E-state index is 3.42. The van der Waals surface area contributed by atoms with Crippen LogP contribution in [-0.2, 0) is 0 Å². The maximum Gasteiger partial charge on any atom is 0.0190 e. The number of nitrogens with zero attached hydrogens (tertiary/aromatic N) is 1.